The predicted molar refractivity (Wildman–Crippen MR) is 123 cm³/mol. The third kappa shape index (κ3) is 6.06. The molecule has 0 heterocycles. The summed E-state index contributed by atoms with van der Waals surface area (Å²) in [5, 5.41) is 3.38. The monoisotopic (exact) mass is 526 g/mol. The molecule has 0 aromatic heterocycles. The van der Waals surface area contributed by atoms with Crippen LogP contribution in [0.25, 0.3) is 0 Å². The lowest BCUT2D eigenvalue weighted by Crippen LogP contribution is -2.37. The van der Waals surface area contributed by atoms with E-state index in [1.165, 1.54) is 24.3 Å². The SMILES string of the molecule is O=C(CN(Cc1ccc(Br)cc1)S(=O)(=O)c1ccccc1)Nc1cc(Cl)cc(Cl)c1. The summed E-state index contributed by atoms with van der Waals surface area (Å²) in [6.45, 7) is -0.342. The second-order valence-corrected chi connectivity index (χ2v) is 10.1. The molecule has 0 atom stereocenters. The largest absolute Gasteiger partial charge is 0.325 e. The van der Waals surface area contributed by atoms with Gasteiger partial charge in [0, 0.05) is 26.8 Å². The lowest BCUT2D eigenvalue weighted by Gasteiger charge is -2.22. The highest BCUT2D eigenvalue weighted by Crippen LogP contribution is 2.23. The molecule has 0 spiro atoms. The molecule has 9 heteroatoms. The first-order valence-electron chi connectivity index (χ1n) is 8.79. The molecule has 1 amide bonds. The van der Waals surface area contributed by atoms with Gasteiger partial charge in [-0.2, -0.15) is 4.31 Å². The predicted octanol–water partition coefficient (Wildman–Crippen LogP) is 5.59. The van der Waals surface area contributed by atoms with E-state index in [2.05, 4.69) is 21.2 Å². The molecule has 0 saturated carbocycles. The van der Waals surface area contributed by atoms with Gasteiger partial charge in [0.15, 0.2) is 0 Å². The summed E-state index contributed by atoms with van der Waals surface area (Å²) in [5.74, 6) is -0.509. The number of carbonyl (C=O) groups is 1. The maximum absolute atomic E-state index is 13.2. The van der Waals surface area contributed by atoms with Crippen LogP contribution in [0.15, 0.2) is 82.2 Å². The van der Waals surface area contributed by atoms with Crippen molar-refractivity contribution in [2.75, 3.05) is 11.9 Å². The van der Waals surface area contributed by atoms with E-state index in [4.69, 9.17) is 23.2 Å². The van der Waals surface area contributed by atoms with Crippen molar-refractivity contribution >= 4 is 60.7 Å². The summed E-state index contributed by atoms with van der Waals surface area (Å²) < 4.78 is 28.4. The standard InChI is InChI=1S/C21H17BrCl2N2O3S/c22-16-8-6-15(7-9-16)13-26(30(28,29)20-4-2-1-3-5-20)14-21(27)25-19-11-17(23)10-18(24)12-19/h1-12H,13-14H2,(H,25,27). The van der Waals surface area contributed by atoms with Crippen LogP contribution in [0.1, 0.15) is 5.56 Å². The van der Waals surface area contributed by atoms with E-state index < -0.39 is 15.9 Å². The third-order valence-corrected chi connectivity index (χ3v) is 6.89. The van der Waals surface area contributed by atoms with E-state index >= 15 is 0 Å². The number of nitrogens with zero attached hydrogens (tertiary/aromatic N) is 1. The Morgan fingerprint density at radius 1 is 0.933 bits per heavy atom. The molecule has 0 aliphatic rings. The molecule has 3 rings (SSSR count). The van der Waals surface area contributed by atoms with E-state index in [0.29, 0.717) is 15.7 Å². The zero-order chi connectivity index (χ0) is 21.7. The first-order chi connectivity index (χ1) is 14.2. The van der Waals surface area contributed by atoms with Crippen molar-refractivity contribution in [1.82, 2.24) is 4.31 Å². The molecule has 1 N–H and O–H groups in total. The van der Waals surface area contributed by atoms with Crippen molar-refractivity contribution in [3.05, 3.63) is 92.9 Å². The Hall–Kier alpha value is -1.90. The fourth-order valence-electron chi connectivity index (χ4n) is 2.75. The van der Waals surface area contributed by atoms with Gasteiger partial charge in [0.05, 0.1) is 11.4 Å². The Morgan fingerprint density at radius 2 is 1.53 bits per heavy atom. The van der Waals surface area contributed by atoms with Crippen LogP contribution in [0, 0.1) is 0 Å². The second kappa shape index (κ2) is 9.94. The van der Waals surface area contributed by atoms with E-state index in [9.17, 15) is 13.2 Å². The molecule has 5 nitrogen and oxygen atoms in total. The Morgan fingerprint density at radius 3 is 2.13 bits per heavy atom. The van der Waals surface area contributed by atoms with Crippen LogP contribution in [0.5, 0.6) is 0 Å². The fourth-order valence-corrected chi connectivity index (χ4v) is 4.94. The maximum atomic E-state index is 13.2. The van der Waals surface area contributed by atoms with Crippen molar-refractivity contribution in [2.45, 2.75) is 11.4 Å². The number of anilines is 1. The van der Waals surface area contributed by atoms with Gasteiger partial charge in [-0.1, -0.05) is 69.5 Å². The topological polar surface area (TPSA) is 66.5 Å². The Bertz CT molecular complexity index is 1120. The quantitative estimate of drug-likeness (QED) is 0.435. The second-order valence-electron chi connectivity index (χ2n) is 6.42. The molecule has 30 heavy (non-hydrogen) atoms. The summed E-state index contributed by atoms with van der Waals surface area (Å²) in [6.07, 6.45) is 0. The number of rotatable bonds is 7. The van der Waals surface area contributed by atoms with Gasteiger partial charge in [-0.05, 0) is 48.0 Å². The Kier molecular flexibility index (Phi) is 7.55. The van der Waals surface area contributed by atoms with Crippen LogP contribution < -0.4 is 5.32 Å². The van der Waals surface area contributed by atoms with Crippen molar-refractivity contribution in [2.24, 2.45) is 0 Å². The average Bonchev–Trinajstić information content (AvgIpc) is 2.69. The van der Waals surface area contributed by atoms with Crippen LogP contribution in [-0.4, -0.2) is 25.2 Å². The summed E-state index contributed by atoms with van der Waals surface area (Å²) in [5.41, 5.74) is 1.13. The number of benzene rings is 3. The van der Waals surface area contributed by atoms with Crippen LogP contribution in [0.3, 0.4) is 0 Å². The van der Waals surface area contributed by atoms with Gasteiger partial charge in [0.2, 0.25) is 15.9 Å². The lowest BCUT2D eigenvalue weighted by molar-refractivity contribution is -0.116. The molecule has 0 aliphatic heterocycles. The first kappa shape index (κ1) is 22.8. The van der Waals surface area contributed by atoms with Crippen molar-refractivity contribution in [3.8, 4) is 0 Å². The Balaban J connectivity index is 1.86. The molecule has 3 aromatic rings. The van der Waals surface area contributed by atoms with Crippen LogP contribution in [-0.2, 0) is 21.4 Å². The van der Waals surface area contributed by atoms with E-state index in [1.54, 1.807) is 36.4 Å². The fraction of sp³-hybridized carbons (Fsp3) is 0.0952. The van der Waals surface area contributed by atoms with Gasteiger partial charge in [0.25, 0.3) is 0 Å². The van der Waals surface area contributed by atoms with Gasteiger partial charge >= 0.3 is 0 Å². The van der Waals surface area contributed by atoms with Crippen molar-refractivity contribution < 1.29 is 13.2 Å². The number of amides is 1. The van der Waals surface area contributed by atoms with Crippen molar-refractivity contribution in [3.63, 3.8) is 0 Å². The first-order valence-corrected chi connectivity index (χ1v) is 11.8. The summed E-state index contributed by atoms with van der Waals surface area (Å²) in [6, 6.07) is 19.8. The molecule has 156 valence electrons. The zero-order valence-electron chi connectivity index (χ0n) is 15.6. The summed E-state index contributed by atoms with van der Waals surface area (Å²) in [4.78, 5) is 12.8. The van der Waals surface area contributed by atoms with Gasteiger partial charge in [0.1, 0.15) is 0 Å². The van der Waals surface area contributed by atoms with Gasteiger partial charge in [-0.15, -0.1) is 0 Å². The third-order valence-electron chi connectivity index (χ3n) is 4.12. The lowest BCUT2D eigenvalue weighted by atomic mass is 10.2. The molecule has 0 radical (unpaired) electrons. The molecule has 3 aromatic carbocycles. The number of halogens is 3. The number of nitrogens with one attached hydrogen (secondary N) is 1. The molecule has 0 bridgehead atoms. The highest BCUT2D eigenvalue weighted by atomic mass is 79.9. The normalized spacial score (nSPS) is 11.5. The minimum absolute atomic E-state index is 0.0359. The minimum Gasteiger partial charge on any atom is -0.325 e. The maximum Gasteiger partial charge on any atom is 0.243 e. The Labute approximate surface area is 193 Å². The smallest absolute Gasteiger partial charge is 0.243 e. The highest BCUT2D eigenvalue weighted by molar-refractivity contribution is 9.10. The zero-order valence-corrected chi connectivity index (χ0v) is 19.5. The molecular weight excluding hydrogens is 511 g/mol. The average molecular weight is 528 g/mol. The van der Waals surface area contributed by atoms with Crippen LogP contribution in [0.4, 0.5) is 5.69 Å². The highest BCUT2D eigenvalue weighted by Gasteiger charge is 2.27. The number of carbonyl (C=O) groups excluding carboxylic acids is 1. The molecule has 0 aliphatic carbocycles. The van der Waals surface area contributed by atoms with E-state index in [-0.39, 0.29) is 18.0 Å². The number of hydrogen-bond donors (Lipinski definition) is 1. The number of sulfonamides is 1. The molecule has 0 unspecified atom stereocenters. The van der Waals surface area contributed by atoms with Crippen LogP contribution >= 0.6 is 39.1 Å². The molecular formula is C21H17BrCl2N2O3S. The molecule has 0 saturated heterocycles. The summed E-state index contributed by atoms with van der Waals surface area (Å²) in [7, 11) is -3.90. The molecule has 0 fully saturated rings. The van der Waals surface area contributed by atoms with Gasteiger partial charge < -0.3 is 5.32 Å². The minimum atomic E-state index is -3.90. The summed E-state index contributed by atoms with van der Waals surface area (Å²) >= 11 is 15.3. The van der Waals surface area contributed by atoms with Crippen molar-refractivity contribution in [1.29, 1.82) is 0 Å². The van der Waals surface area contributed by atoms with Gasteiger partial charge in [-0.25, -0.2) is 8.42 Å². The number of hydrogen-bond acceptors (Lipinski definition) is 3. The van der Waals surface area contributed by atoms with Crippen LogP contribution in [0.2, 0.25) is 10.0 Å². The van der Waals surface area contributed by atoms with E-state index in [1.807, 2.05) is 12.1 Å². The van der Waals surface area contributed by atoms with E-state index in [0.717, 1.165) is 14.3 Å². The van der Waals surface area contributed by atoms with Gasteiger partial charge in [-0.3, -0.25) is 4.79 Å².